The summed E-state index contributed by atoms with van der Waals surface area (Å²) in [4.78, 5) is 17.8. The van der Waals surface area contributed by atoms with Crippen molar-refractivity contribution in [1.82, 2.24) is 15.1 Å². The number of hydrogen-bond acceptors (Lipinski definition) is 3. The van der Waals surface area contributed by atoms with Crippen LogP contribution in [-0.4, -0.2) is 55.0 Å². The fourth-order valence-corrected chi connectivity index (χ4v) is 4.65. The van der Waals surface area contributed by atoms with Gasteiger partial charge in [-0.2, -0.15) is 0 Å². The summed E-state index contributed by atoms with van der Waals surface area (Å²) in [5.41, 5.74) is 2.28. The van der Waals surface area contributed by atoms with Gasteiger partial charge in [0.2, 0.25) is 5.91 Å². The molecule has 1 aliphatic heterocycles. The van der Waals surface area contributed by atoms with Crippen molar-refractivity contribution < 1.29 is 4.79 Å². The highest BCUT2D eigenvalue weighted by Gasteiger charge is 2.50. The second kappa shape index (κ2) is 10.1. The van der Waals surface area contributed by atoms with E-state index in [1.807, 2.05) is 12.1 Å². The molecule has 1 N–H and O–H groups in total. The molecule has 160 valence electrons. The predicted octanol–water partition coefficient (Wildman–Crippen LogP) is 4.19. The fraction of sp³-hybridized carbons (Fsp3) is 0.480. The standard InChI is InChI=1S/C25H32BrN3O/c26-23-10-8-22(9-11-23)25(12-13-25)24(30)27-14-4-5-15-28-16-18-29(19-17-28)20-21-6-2-1-3-7-21/h1-3,6-11H,4-5,12-20H2,(H,27,30). The quantitative estimate of drug-likeness (QED) is 0.559. The third-order valence-corrected chi connectivity index (χ3v) is 7.01. The lowest BCUT2D eigenvalue weighted by Gasteiger charge is -2.34. The molecule has 0 atom stereocenters. The Hall–Kier alpha value is -1.69. The van der Waals surface area contributed by atoms with Crippen molar-refractivity contribution in [2.45, 2.75) is 37.6 Å². The molecule has 5 heteroatoms. The van der Waals surface area contributed by atoms with E-state index >= 15 is 0 Å². The zero-order valence-corrected chi connectivity index (χ0v) is 19.2. The van der Waals surface area contributed by atoms with Crippen molar-refractivity contribution in [2.24, 2.45) is 0 Å². The first-order valence-electron chi connectivity index (χ1n) is 11.2. The van der Waals surface area contributed by atoms with Gasteiger partial charge in [0, 0.05) is 43.7 Å². The Morgan fingerprint density at radius 3 is 2.23 bits per heavy atom. The Kier molecular flexibility index (Phi) is 7.24. The second-order valence-electron chi connectivity index (χ2n) is 8.66. The maximum Gasteiger partial charge on any atom is 0.230 e. The number of amides is 1. The summed E-state index contributed by atoms with van der Waals surface area (Å²) in [5, 5.41) is 3.19. The number of carbonyl (C=O) groups excluding carboxylic acids is 1. The Labute approximate surface area is 188 Å². The molecular formula is C25H32BrN3O. The maximum atomic E-state index is 12.7. The average Bonchev–Trinajstić information content (AvgIpc) is 3.58. The van der Waals surface area contributed by atoms with E-state index in [0.29, 0.717) is 0 Å². The second-order valence-corrected chi connectivity index (χ2v) is 9.57. The summed E-state index contributed by atoms with van der Waals surface area (Å²) in [6.07, 6.45) is 4.12. The number of hydrogen-bond donors (Lipinski definition) is 1. The van der Waals surface area contributed by atoms with Gasteiger partial charge < -0.3 is 10.2 Å². The van der Waals surface area contributed by atoms with Gasteiger partial charge in [0.1, 0.15) is 0 Å². The van der Waals surface area contributed by atoms with Crippen LogP contribution in [0.5, 0.6) is 0 Å². The van der Waals surface area contributed by atoms with Gasteiger partial charge in [-0.05, 0) is 55.5 Å². The van der Waals surface area contributed by atoms with Crippen LogP contribution in [0.25, 0.3) is 0 Å². The lowest BCUT2D eigenvalue weighted by molar-refractivity contribution is -0.123. The number of halogens is 1. The largest absolute Gasteiger partial charge is 0.355 e. The van der Waals surface area contributed by atoms with Crippen LogP contribution in [0, 0.1) is 0 Å². The fourth-order valence-electron chi connectivity index (χ4n) is 4.38. The molecule has 1 heterocycles. The number of rotatable bonds is 9. The molecule has 2 aromatic rings. The topological polar surface area (TPSA) is 35.6 Å². The Bertz CT molecular complexity index is 812. The molecule has 0 unspecified atom stereocenters. The van der Waals surface area contributed by atoms with Gasteiger partial charge in [-0.15, -0.1) is 0 Å². The number of piperazine rings is 1. The molecule has 30 heavy (non-hydrogen) atoms. The number of nitrogens with zero attached hydrogens (tertiary/aromatic N) is 2. The average molecular weight is 470 g/mol. The smallest absolute Gasteiger partial charge is 0.230 e. The van der Waals surface area contributed by atoms with E-state index in [0.717, 1.165) is 81.5 Å². The molecular weight excluding hydrogens is 438 g/mol. The van der Waals surface area contributed by atoms with Crippen LogP contribution in [-0.2, 0) is 16.8 Å². The summed E-state index contributed by atoms with van der Waals surface area (Å²) in [6.45, 7) is 7.54. The Morgan fingerprint density at radius 2 is 1.57 bits per heavy atom. The Morgan fingerprint density at radius 1 is 0.900 bits per heavy atom. The molecule has 1 aliphatic carbocycles. The van der Waals surface area contributed by atoms with Crippen LogP contribution in [0.2, 0.25) is 0 Å². The van der Waals surface area contributed by atoms with E-state index in [4.69, 9.17) is 0 Å². The highest BCUT2D eigenvalue weighted by molar-refractivity contribution is 9.10. The summed E-state index contributed by atoms with van der Waals surface area (Å²) < 4.78 is 1.06. The molecule has 2 fully saturated rings. The summed E-state index contributed by atoms with van der Waals surface area (Å²) >= 11 is 3.47. The molecule has 2 aliphatic rings. The Balaban J connectivity index is 1.10. The van der Waals surface area contributed by atoms with Crippen molar-refractivity contribution >= 4 is 21.8 Å². The number of nitrogens with one attached hydrogen (secondary N) is 1. The summed E-state index contributed by atoms with van der Waals surface area (Å²) in [7, 11) is 0. The highest BCUT2D eigenvalue weighted by Crippen LogP contribution is 2.48. The van der Waals surface area contributed by atoms with Crippen molar-refractivity contribution in [2.75, 3.05) is 39.3 Å². The molecule has 0 spiro atoms. The first kappa shape index (κ1) is 21.5. The van der Waals surface area contributed by atoms with Gasteiger partial charge in [-0.3, -0.25) is 9.69 Å². The molecule has 4 nitrogen and oxygen atoms in total. The first-order valence-corrected chi connectivity index (χ1v) is 12.0. The molecule has 0 radical (unpaired) electrons. The van der Waals surface area contributed by atoms with Gasteiger partial charge in [-0.25, -0.2) is 0 Å². The third-order valence-electron chi connectivity index (χ3n) is 6.48. The van der Waals surface area contributed by atoms with Crippen LogP contribution < -0.4 is 5.32 Å². The normalized spacial score (nSPS) is 18.8. The summed E-state index contributed by atoms with van der Waals surface area (Å²) in [5.74, 6) is 0.208. The van der Waals surface area contributed by atoms with Crippen molar-refractivity contribution in [3.8, 4) is 0 Å². The zero-order valence-electron chi connectivity index (χ0n) is 17.7. The minimum atomic E-state index is -0.268. The van der Waals surface area contributed by atoms with E-state index in [1.54, 1.807) is 0 Å². The summed E-state index contributed by atoms with van der Waals surface area (Å²) in [6, 6.07) is 19.0. The van der Waals surface area contributed by atoms with Gasteiger partial charge in [-0.1, -0.05) is 58.4 Å². The monoisotopic (exact) mass is 469 g/mol. The van der Waals surface area contributed by atoms with Crippen molar-refractivity contribution in [3.05, 3.63) is 70.2 Å². The molecule has 1 saturated heterocycles. The number of benzene rings is 2. The molecule has 2 aromatic carbocycles. The van der Waals surface area contributed by atoms with Crippen LogP contribution in [0.15, 0.2) is 59.1 Å². The van der Waals surface area contributed by atoms with E-state index in [1.165, 1.54) is 5.56 Å². The lowest BCUT2D eigenvalue weighted by Crippen LogP contribution is -2.46. The minimum Gasteiger partial charge on any atom is -0.355 e. The molecule has 0 bridgehead atoms. The van der Waals surface area contributed by atoms with E-state index in [-0.39, 0.29) is 11.3 Å². The van der Waals surface area contributed by atoms with E-state index < -0.39 is 0 Å². The van der Waals surface area contributed by atoms with E-state index in [2.05, 4.69) is 73.5 Å². The van der Waals surface area contributed by atoms with Gasteiger partial charge in [0.15, 0.2) is 0 Å². The van der Waals surface area contributed by atoms with Gasteiger partial charge >= 0.3 is 0 Å². The van der Waals surface area contributed by atoms with Crippen LogP contribution in [0.3, 0.4) is 0 Å². The van der Waals surface area contributed by atoms with Crippen LogP contribution in [0.4, 0.5) is 0 Å². The van der Waals surface area contributed by atoms with Gasteiger partial charge in [0.05, 0.1) is 5.41 Å². The number of unbranched alkanes of at least 4 members (excludes halogenated alkanes) is 1. The molecule has 0 aromatic heterocycles. The minimum absolute atomic E-state index is 0.208. The lowest BCUT2D eigenvalue weighted by atomic mass is 9.95. The predicted molar refractivity (Wildman–Crippen MR) is 125 cm³/mol. The van der Waals surface area contributed by atoms with Crippen LogP contribution in [0.1, 0.15) is 36.8 Å². The first-order chi connectivity index (χ1) is 14.7. The van der Waals surface area contributed by atoms with Gasteiger partial charge in [0.25, 0.3) is 0 Å². The highest BCUT2D eigenvalue weighted by atomic mass is 79.9. The molecule has 4 rings (SSSR count). The third kappa shape index (κ3) is 5.51. The molecule has 1 amide bonds. The van der Waals surface area contributed by atoms with Crippen LogP contribution >= 0.6 is 15.9 Å². The van der Waals surface area contributed by atoms with Crippen molar-refractivity contribution in [1.29, 1.82) is 0 Å². The zero-order chi connectivity index (χ0) is 20.8. The SMILES string of the molecule is O=C(NCCCCN1CCN(Cc2ccccc2)CC1)C1(c2ccc(Br)cc2)CC1. The van der Waals surface area contributed by atoms with Crippen molar-refractivity contribution in [3.63, 3.8) is 0 Å². The number of carbonyl (C=O) groups is 1. The maximum absolute atomic E-state index is 12.7. The van der Waals surface area contributed by atoms with E-state index in [9.17, 15) is 4.79 Å². The molecule has 1 saturated carbocycles.